The second kappa shape index (κ2) is 10.6. The van der Waals surface area contributed by atoms with Crippen LogP contribution >= 0.6 is 0 Å². The Morgan fingerprint density at radius 3 is 2.22 bits per heavy atom. The van der Waals surface area contributed by atoms with Gasteiger partial charge in [0.1, 0.15) is 5.75 Å². The number of benzene rings is 2. The second-order valence-electron chi connectivity index (χ2n) is 8.09. The van der Waals surface area contributed by atoms with Crippen LogP contribution in [0.2, 0.25) is 0 Å². The first-order chi connectivity index (χ1) is 15.2. The van der Waals surface area contributed by atoms with Crippen molar-refractivity contribution in [2.24, 2.45) is 5.92 Å². The van der Waals surface area contributed by atoms with Crippen LogP contribution in [0.3, 0.4) is 0 Å². The third kappa shape index (κ3) is 7.09. The van der Waals surface area contributed by atoms with Crippen LogP contribution in [0.15, 0.2) is 54.6 Å². The third-order valence-corrected chi connectivity index (χ3v) is 5.65. The van der Waals surface area contributed by atoms with Crippen LogP contribution in [0.5, 0.6) is 5.75 Å². The highest BCUT2D eigenvalue weighted by molar-refractivity contribution is 6.08. The van der Waals surface area contributed by atoms with E-state index in [2.05, 4.69) is 5.32 Å². The molecule has 0 radical (unpaired) electrons. The maximum absolute atomic E-state index is 12.5. The Morgan fingerprint density at radius 2 is 1.62 bits per heavy atom. The molecule has 1 saturated heterocycles. The lowest BCUT2D eigenvalue weighted by Crippen LogP contribution is -2.46. The van der Waals surface area contributed by atoms with Crippen molar-refractivity contribution >= 4 is 11.7 Å². The van der Waals surface area contributed by atoms with E-state index in [0.29, 0.717) is 42.8 Å². The number of rotatable bonds is 8. The standard InChI is InChI=1S/C24H27F3N2O3/c1-17(18-11-13-29(14-12-18)16-24(25,26)27)28-22(30)15-32-21-9-7-20(8-10-21)23(31)19-5-3-2-4-6-19/h2-10,17-18H,11-16H2,1H3,(H,28,30)/t17-/m0/s1. The number of nitrogens with one attached hydrogen (secondary N) is 1. The molecule has 172 valence electrons. The number of hydrogen-bond acceptors (Lipinski definition) is 4. The summed E-state index contributed by atoms with van der Waals surface area (Å²) < 4.78 is 43.0. The molecule has 0 bridgehead atoms. The van der Waals surface area contributed by atoms with Crippen molar-refractivity contribution in [2.45, 2.75) is 32.0 Å². The van der Waals surface area contributed by atoms with Crippen LogP contribution in [0.25, 0.3) is 0 Å². The number of amides is 1. The Morgan fingerprint density at radius 1 is 1.03 bits per heavy atom. The summed E-state index contributed by atoms with van der Waals surface area (Å²) in [7, 11) is 0. The fourth-order valence-electron chi connectivity index (χ4n) is 3.89. The summed E-state index contributed by atoms with van der Waals surface area (Å²) in [5.74, 6) is 0.217. The second-order valence-corrected chi connectivity index (χ2v) is 8.09. The molecule has 1 N–H and O–H groups in total. The van der Waals surface area contributed by atoms with Gasteiger partial charge in [-0.25, -0.2) is 0 Å². The number of halogens is 3. The van der Waals surface area contributed by atoms with Gasteiger partial charge in [0, 0.05) is 17.2 Å². The lowest BCUT2D eigenvalue weighted by molar-refractivity contribution is -0.148. The van der Waals surface area contributed by atoms with E-state index in [4.69, 9.17) is 4.74 Å². The molecule has 0 unspecified atom stereocenters. The van der Waals surface area contributed by atoms with E-state index in [1.165, 1.54) is 4.90 Å². The Hall–Kier alpha value is -2.87. The van der Waals surface area contributed by atoms with Gasteiger partial charge in [-0.15, -0.1) is 0 Å². The lowest BCUT2D eigenvalue weighted by Gasteiger charge is -2.35. The molecular formula is C24H27F3N2O3. The van der Waals surface area contributed by atoms with Crippen LogP contribution in [0, 0.1) is 5.92 Å². The van der Waals surface area contributed by atoms with Crippen molar-refractivity contribution in [3.63, 3.8) is 0 Å². The van der Waals surface area contributed by atoms with Crippen molar-refractivity contribution in [2.75, 3.05) is 26.2 Å². The molecule has 1 amide bonds. The fraction of sp³-hybridized carbons (Fsp3) is 0.417. The summed E-state index contributed by atoms with van der Waals surface area (Å²) in [6.07, 6.45) is -2.97. The molecule has 1 fully saturated rings. The summed E-state index contributed by atoms with van der Waals surface area (Å²) in [5.41, 5.74) is 1.12. The number of carbonyl (C=O) groups is 2. The molecule has 2 aromatic rings. The minimum atomic E-state index is -4.18. The van der Waals surface area contributed by atoms with Gasteiger partial charge >= 0.3 is 6.18 Å². The molecule has 32 heavy (non-hydrogen) atoms. The first kappa shape index (κ1) is 23.8. The first-order valence-electron chi connectivity index (χ1n) is 10.6. The van der Waals surface area contributed by atoms with Crippen molar-refractivity contribution in [1.29, 1.82) is 0 Å². The van der Waals surface area contributed by atoms with Gasteiger partial charge in [0.25, 0.3) is 5.91 Å². The zero-order valence-corrected chi connectivity index (χ0v) is 17.9. The van der Waals surface area contributed by atoms with E-state index in [9.17, 15) is 22.8 Å². The Balaban J connectivity index is 1.41. The van der Waals surface area contributed by atoms with Crippen LogP contribution in [0.4, 0.5) is 13.2 Å². The largest absolute Gasteiger partial charge is 0.484 e. The molecule has 1 aliphatic rings. The normalized spacial score (nSPS) is 16.4. The number of hydrogen-bond donors (Lipinski definition) is 1. The third-order valence-electron chi connectivity index (χ3n) is 5.65. The van der Waals surface area contributed by atoms with Crippen molar-refractivity contribution in [1.82, 2.24) is 10.2 Å². The molecule has 2 aromatic carbocycles. The topological polar surface area (TPSA) is 58.6 Å². The Labute approximate surface area is 185 Å². The molecule has 1 atom stereocenters. The first-order valence-corrected chi connectivity index (χ1v) is 10.6. The SMILES string of the molecule is C[C@H](NC(=O)COc1ccc(C(=O)c2ccccc2)cc1)C1CCN(CC(F)(F)F)CC1. The molecule has 5 nitrogen and oxygen atoms in total. The van der Waals surface area contributed by atoms with Gasteiger partial charge in [-0.2, -0.15) is 13.2 Å². The smallest absolute Gasteiger partial charge is 0.401 e. The van der Waals surface area contributed by atoms with Crippen LogP contribution in [0.1, 0.15) is 35.7 Å². The molecular weight excluding hydrogens is 421 g/mol. The quantitative estimate of drug-likeness (QED) is 0.619. The summed E-state index contributed by atoms with van der Waals surface area (Å²) >= 11 is 0. The van der Waals surface area contributed by atoms with Crippen LogP contribution < -0.4 is 10.1 Å². The molecule has 0 aromatic heterocycles. The summed E-state index contributed by atoms with van der Waals surface area (Å²) in [6.45, 7) is 1.54. The number of piperidine rings is 1. The van der Waals surface area contributed by atoms with Gasteiger partial charge in [0.15, 0.2) is 12.4 Å². The minimum Gasteiger partial charge on any atom is -0.484 e. The zero-order chi connectivity index (χ0) is 23.1. The Bertz CT molecular complexity index is 893. The number of ether oxygens (including phenoxy) is 1. The van der Waals surface area contributed by atoms with Gasteiger partial charge < -0.3 is 10.1 Å². The number of alkyl halides is 3. The number of nitrogens with zero attached hydrogens (tertiary/aromatic N) is 1. The Kier molecular flexibility index (Phi) is 7.90. The summed E-state index contributed by atoms with van der Waals surface area (Å²) in [5, 5.41) is 2.88. The fourth-order valence-corrected chi connectivity index (χ4v) is 3.89. The van der Waals surface area contributed by atoms with Gasteiger partial charge in [0.2, 0.25) is 0 Å². The molecule has 8 heteroatoms. The van der Waals surface area contributed by atoms with E-state index in [1.54, 1.807) is 48.5 Å². The van der Waals surface area contributed by atoms with E-state index in [-0.39, 0.29) is 30.3 Å². The van der Waals surface area contributed by atoms with Crippen molar-refractivity contribution < 1.29 is 27.5 Å². The maximum atomic E-state index is 12.5. The average Bonchev–Trinajstić information content (AvgIpc) is 2.77. The highest BCUT2D eigenvalue weighted by atomic mass is 19.4. The van der Waals surface area contributed by atoms with E-state index in [0.717, 1.165) is 0 Å². The molecule has 0 saturated carbocycles. The summed E-state index contributed by atoms with van der Waals surface area (Å²) in [4.78, 5) is 26.1. The lowest BCUT2D eigenvalue weighted by atomic mass is 9.90. The van der Waals surface area contributed by atoms with Crippen LogP contribution in [-0.2, 0) is 4.79 Å². The van der Waals surface area contributed by atoms with Gasteiger partial charge in [-0.3, -0.25) is 14.5 Å². The zero-order valence-electron chi connectivity index (χ0n) is 17.9. The number of ketones is 1. The summed E-state index contributed by atoms with van der Waals surface area (Å²) in [6, 6.07) is 15.4. The molecule has 0 aliphatic carbocycles. The van der Waals surface area contributed by atoms with E-state index in [1.807, 2.05) is 13.0 Å². The maximum Gasteiger partial charge on any atom is 0.401 e. The average molecular weight is 448 g/mol. The molecule has 1 aliphatic heterocycles. The monoisotopic (exact) mass is 448 g/mol. The van der Waals surface area contributed by atoms with Crippen molar-refractivity contribution in [3.05, 3.63) is 65.7 Å². The van der Waals surface area contributed by atoms with Crippen LogP contribution in [-0.4, -0.2) is 55.0 Å². The van der Waals surface area contributed by atoms with E-state index < -0.39 is 12.7 Å². The molecule has 3 rings (SSSR count). The van der Waals surface area contributed by atoms with Gasteiger partial charge in [-0.1, -0.05) is 30.3 Å². The van der Waals surface area contributed by atoms with Gasteiger partial charge in [-0.05, 0) is 63.0 Å². The molecule has 0 spiro atoms. The van der Waals surface area contributed by atoms with Gasteiger partial charge in [0.05, 0.1) is 6.54 Å². The predicted molar refractivity (Wildman–Crippen MR) is 115 cm³/mol. The molecule has 1 heterocycles. The number of likely N-dealkylation sites (tertiary alicyclic amines) is 1. The minimum absolute atomic E-state index is 0.0926. The number of carbonyl (C=O) groups excluding carboxylic acids is 2. The highest BCUT2D eigenvalue weighted by Gasteiger charge is 2.33. The van der Waals surface area contributed by atoms with Crippen molar-refractivity contribution in [3.8, 4) is 5.75 Å². The highest BCUT2D eigenvalue weighted by Crippen LogP contribution is 2.24. The predicted octanol–water partition coefficient (Wildman–Crippen LogP) is 4.08. The van der Waals surface area contributed by atoms with E-state index >= 15 is 0 Å².